The number of amides is 1. The molecule has 0 aromatic rings. The molecule has 0 unspecified atom stereocenters. The summed E-state index contributed by atoms with van der Waals surface area (Å²) in [5, 5.41) is 0. The van der Waals surface area contributed by atoms with Crippen LogP contribution in [0.15, 0.2) is 0 Å². The van der Waals surface area contributed by atoms with Crippen molar-refractivity contribution in [3.05, 3.63) is 0 Å². The van der Waals surface area contributed by atoms with E-state index in [1.807, 2.05) is 4.90 Å². The SMILES string of the molecule is Cl.NC[C@H]1CCC[C@H]1C(=O)N1CCN(S(=O)(=O)N2CCOCC2)CC1. The van der Waals surface area contributed by atoms with Gasteiger partial charge < -0.3 is 15.4 Å². The van der Waals surface area contributed by atoms with Gasteiger partial charge >= 0.3 is 0 Å². The van der Waals surface area contributed by atoms with Crippen molar-refractivity contribution in [1.29, 1.82) is 0 Å². The number of hydrogen-bond donors (Lipinski definition) is 1. The number of morpholine rings is 1. The number of nitrogens with two attached hydrogens (primary N) is 1. The number of carbonyl (C=O) groups is 1. The van der Waals surface area contributed by atoms with E-state index in [1.165, 1.54) is 8.61 Å². The average Bonchev–Trinajstić information content (AvgIpc) is 3.10. The van der Waals surface area contributed by atoms with Crippen LogP contribution in [-0.4, -0.2) is 86.9 Å². The topological polar surface area (TPSA) is 96.2 Å². The van der Waals surface area contributed by atoms with Crippen molar-refractivity contribution in [3.63, 3.8) is 0 Å². The van der Waals surface area contributed by atoms with E-state index >= 15 is 0 Å². The summed E-state index contributed by atoms with van der Waals surface area (Å²) in [6, 6.07) is 0. The molecule has 1 saturated carbocycles. The van der Waals surface area contributed by atoms with Crippen LogP contribution in [0.4, 0.5) is 0 Å². The Bertz CT molecular complexity index is 548. The van der Waals surface area contributed by atoms with Gasteiger partial charge in [0.15, 0.2) is 0 Å². The number of hydrogen-bond acceptors (Lipinski definition) is 5. The van der Waals surface area contributed by atoms with Crippen molar-refractivity contribution >= 4 is 28.5 Å². The number of nitrogens with zero attached hydrogens (tertiary/aromatic N) is 3. The van der Waals surface area contributed by atoms with Crippen LogP contribution >= 0.6 is 12.4 Å². The van der Waals surface area contributed by atoms with Crippen molar-refractivity contribution in [2.24, 2.45) is 17.6 Å². The molecule has 0 bridgehead atoms. The highest BCUT2D eigenvalue weighted by atomic mass is 35.5. The molecule has 10 heteroatoms. The highest BCUT2D eigenvalue weighted by molar-refractivity contribution is 7.86. The van der Waals surface area contributed by atoms with Gasteiger partial charge in [-0.05, 0) is 25.3 Å². The molecule has 0 aromatic carbocycles. The summed E-state index contributed by atoms with van der Waals surface area (Å²) in [5.74, 6) is 0.469. The van der Waals surface area contributed by atoms with E-state index in [-0.39, 0.29) is 30.2 Å². The number of piperazine rings is 1. The highest BCUT2D eigenvalue weighted by Gasteiger charge is 2.38. The lowest BCUT2D eigenvalue weighted by molar-refractivity contribution is -0.137. The van der Waals surface area contributed by atoms with Gasteiger partial charge in [0.2, 0.25) is 5.91 Å². The van der Waals surface area contributed by atoms with Gasteiger partial charge in [-0.2, -0.15) is 17.0 Å². The van der Waals surface area contributed by atoms with Crippen LogP contribution in [0.3, 0.4) is 0 Å². The largest absolute Gasteiger partial charge is 0.379 e. The lowest BCUT2D eigenvalue weighted by Gasteiger charge is -2.38. The standard InChI is InChI=1S/C15H28N4O4S.ClH/c16-12-13-2-1-3-14(13)15(20)17-4-6-18(7-5-17)24(21,22)19-8-10-23-11-9-19;/h13-14H,1-12,16H2;1H/t13-,14-;/m1./s1. The highest BCUT2D eigenvalue weighted by Crippen LogP contribution is 2.32. The smallest absolute Gasteiger partial charge is 0.282 e. The van der Waals surface area contributed by atoms with E-state index in [0.717, 1.165) is 19.3 Å². The number of rotatable bonds is 4. The summed E-state index contributed by atoms with van der Waals surface area (Å²) in [6.45, 7) is 3.92. The molecule has 2 heterocycles. The Hall–Kier alpha value is -0.450. The Morgan fingerprint density at radius 1 is 1.00 bits per heavy atom. The molecule has 3 fully saturated rings. The summed E-state index contributed by atoms with van der Waals surface area (Å²) in [7, 11) is -3.44. The van der Waals surface area contributed by atoms with Gasteiger partial charge in [-0.3, -0.25) is 4.79 Å². The minimum absolute atomic E-state index is 0. The first-order valence-electron chi connectivity index (χ1n) is 8.86. The lowest BCUT2D eigenvalue weighted by Crippen LogP contribution is -2.56. The predicted octanol–water partition coefficient (Wildman–Crippen LogP) is -0.496. The molecule has 2 N–H and O–H groups in total. The number of halogens is 1. The summed E-state index contributed by atoms with van der Waals surface area (Å²) in [6.07, 6.45) is 2.99. The fraction of sp³-hybridized carbons (Fsp3) is 0.933. The quantitative estimate of drug-likeness (QED) is 0.691. The van der Waals surface area contributed by atoms with Crippen LogP contribution in [0, 0.1) is 11.8 Å². The molecule has 2 atom stereocenters. The van der Waals surface area contributed by atoms with Crippen molar-refractivity contribution in [3.8, 4) is 0 Å². The lowest BCUT2D eigenvalue weighted by atomic mass is 9.94. The first kappa shape index (κ1) is 20.9. The van der Waals surface area contributed by atoms with E-state index in [1.54, 1.807) is 0 Å². The molecule has 25 heavy (non-hydrogen) atoms. The van der Waals surface area contributed by atoms with Crippen molar-refractivity contribution in [1.82, 2.24) is 13.5 Å². The molecule has 0 radical (unpaired) electrons. The van der Waals surface area contributed by atoms with E-state index in [0.29, 0.717) is 59.0 Å². The van der Waals surface area contributed by atoms with Crippen molar-refractivity contribution in [2.75, 3.05) is 59.0 Å². The molecule has 1 aliphatic carbocycles. The second-order valence-electron chi connectivity index (χ2n) is 6.78. The zero-order valence-electron chi connectivity index (χ0n) is 14.5. The van der Waals surface area contributed by atoms with Gasteiger partial charge in [-0.15, -0.1) is 12.4 Å². The van der Waals surface area contributed by atoms with Gasteiger partial charge in [-0.1, -0.05) is 6.42 Å². The second-order valence-corrected chi connectivity index (χ2v) is 8.71. The van der Waals surface area contributed by atoms with Crippen LogP contribution in [0.2, 0.25) is 0 Å². The minimum Gasteiger partial charge on any atom is -0.379 e. The van der Waals surface area contributed by atoms with Crippen LogP contribution in [-0.2, 0) is 19.7 Å². The molecule has 2 saturated heterocycles. The van der Waals surface area contributed by atoms with Crippen LogP contribution < -0.4 is 5.73 Å². The van der Waals surface area contributed by atoms with E-state index in [9.17, 15) is 13.2 Å². The second kappa shape index (κ2) is 8.96. The summed E-state index contributed by atoms with van der Waals surface area (Å²) in [5.41, 5.74) is 5.78. The Kier molecular flexibility index (Phi) is 7.48. The van der Waals surface area contributed by atoms with Crippen molar-refractivity contribution in [2.45, 2.75) is 19.3 Å². The predicted molar refractivity (Wildman–Crippen MR) is 96.6 cm³/mol. The Labute approximate surface area is 156 Å². The maximum absolute atomic E-state index is 12.7. The molecule has 3 aliphatic rings. The molecule has 1 amide bonds. The maximum atomic E-state index is 12.7. The molecule has 3 rings (SSSR count). The van der Waals surface area contributed by atoms with Gasteiger partial charge in [0.25, 0.3) is 10.2 Å². The third kappa shape index (κ3) is 4.45. The van der Waals surface area contributed by atoms with E-state index in [2.05, 4.69) is 0 Å². The maximum Gasteiger partial charge on any atom is 0.282 e. The summed E-state index contributed by atoms with van der Waals surface area (Å²) < 4.78 is 33.5. The van der Waals surface area contributed by atoms with Gasteiger partial charge in [-0.25, -0.2) is 0 Å². The summed E-state index contributed by atoms with van der Waals surface area (Å²) >= 11 is 0. The molecule has 8 nitrogen and oxygen atoms in total. The van der Waals surface area contributed by atoms with Gasteiger partial charge in [0.05, 0.1) is 13.2 Å². The monoisotopic (exact) mass is 396 g/mol. The van der Waals surface area contributed by atoms with E-state index < -0.39 is 10.2 Å². The molecular formula is C15H29ClN4O4S. The summed E-state index contributed by atoms with van der Waals surface area (Å²) in [4.78, 5) is 14.5. The fourth-order valence-electron chi connectivity index (χ4n) is 3.96. The third-order valence-corrected chi connectivity index (χ3v) is 7.49. The van der Waals surface area contributed by atoms with E-state index in [4.69, 9.17) is 10.5 Å². The van der Waals surface area contributed by atoms with Gasteiger partial charge in [0.1, 0.15) is 0 Å². The van der Waals surface area contributed by atoms with Crippen LogP contribution in [0.1, 0.15) is 19.3 Å². The Morgan fingerprint density at radius 3 is 2.20 bits per heavy atom. The van der Waals surface area contributed by atoms with Gasteiger partial charge in [0, 0.05) is 45.2 Å². The average molecular weight is 397 g/mol. The Morgan fingerprint density at radius 2 is 1.60 bits per heavy atom. The van der Waals surface area contributed by atoms with Crippen molar-refractivity contribution < 1.29 is 17.9 Å². The Balaban J connectivity index is 0.00000225. The zero-order chi connectivity index (χ0) is 17.2. The first-order chi connectivity index (χ1) is 11.5. The van der Waals surface area contributed by atoms with Crippen LogP contribution in [0.25, 0.3) is 0 Å². The molecule has 2 aliphatic heterocycles. The fourth-order valence-corrected chi connectivity index (χ4v) is 5.52. The molecule has 0 spiro atoms. The van der Waals surface area contributed by atoms with Crippen LogP contribution in [0.5, 0.6) is 0 Å². The first-order valence-corrected chi connectivity index (χ1v) is 10.3. The molecule has 146 valence electrons. The number of carbonyl (C=O) groups excluding carboxylic acids is 1. The number of ether oxygens (including phenoxy) is 1. The molecule has 0 aromatic heterocycles. The molecular weight excluding hydrogens is 368 g/mol. The third-order valence-electron chi connectivity index (χ3n) is 5.45. The minimum atomic E-state index is -3.44. The zero-order valence-corrected chi connectivity index (χ0v) is 16.1. The normalized spacial score (nSPS) is 29.4.